The van der Waals surface area contributed by atoms with Gasteiger partial charge in [0.15, 0.2) is 11.6 Å². The third-order valence-corrected chi connectivity index (χ3v) is 4.92. The monoisotopic (exact) mass is 441 g/mol. The summed E-state index contributed by atoms with van der Waals surface area (Å²) >= 11 is 0. The number of hydrogen-bond donors (Lipinski definition) is 1. The number of hydrogen-bond acceptors (Lipinski definition) is 6. The Morgan fingerprint density at radius 2 is 2.00 bits per heavy atom. The number of aromatic amines is 1. The molecule has 2 aromatic heterocycles. The van der Waals surface area contributed by atoms with Crippen molar-refractivity contribution in [3.63, 3.8) is 0 Å². The van der Waals surface area contributed by atoms with Crippen LogP contribution in [0.4, 0.5) is 8.78 Å². The van der Waals surface area contributed by atoms with Gasteiger partial charge >= 0.3 is 6.61 Å². The first-order valence-corrected chi connectivity index (χ1v) is 9.98. The van der Waals surface area contributed by atoms with Gasteiger partial charge in [-0.2, -0.15) is 13.9 Å². The number of benzene rings is 2. The van der Waals surface area contributed by atoms with Crippen LogP contribution in [0.2, 0.25) is 0 Å². The van der Waals surface area contributed by atoms with Gasteiger partial charge in [-0.1, -0.05) is 6.92 Å². The lowest BCUT2D eigenvalue weighted by Gasteiger charge is -2.16. The zero-order valence-corrected chi connectivity index (χ0v) is 17.7. The van der Waals surface area contributed by atoms with Gasteiger partial charge in [0.2, 0.25) is 0 Å². The average Bonchev–Trinajstić information content (AvgIpc) is 3.38. The Hall–Kier alpha value is -3.82. The molecular formula is C22H21F2N5O3. The fraction of sp³-hybridized carbons (Fsp3) is 0.273. The Kier molecular flexibility index (Phi) is 5.85. The third-order valence-electron chi connectivity index (χ3n) is 4.92. The predicted octanol–water partition coefficient (Wildman–Crippen LogP) is 4.71. The molecule has 166 valence electrons. The molecule has 8 nitrogen and oxygen atoms in total. The van der Waals surface area contributed by atoms with E-state index in [4.69, 9.17) is 9.47 Å². The highest BCUT2D eigenvalue weighted by Gasteiger charge is 2.23. The summed E-state index contributed by atoms with van der Waals surface area (Å²) in [5.41, 5.74) is 2.64. The first-order valence-electron chi connectivity index (χ1n) is 9.98. The Morgan fingerprint density at radius 1 is 1.22 bits per heavy atom. The summed E-state index contributed by atoms with van der Waals surface area (Å²) in [7, 11) is 1.38. The van der Waals surface area contributed by atoms with Crippen LogP contribution in [0.1, 0.15) is 35.9 Å². The van der Waals surface area contributed by atoms with Crippen molar-refractivity contribution in [1.29, 1.82) is 0 Å². The van der Waals surface area contributed by atoms with Crippen molar-refractivity contribution < 1.29 is 23.0 Å². The summed E-state index contributed by atoms with van der Waals surface area (Å²) in [4.78, 5) is 21.3. The van der Waals surface area contributed by atoms with Crippen molar-refractivity contribution in [3.8, 4) is 28.6 Å². The maximum atomic E-state index is 13.1. The molecule has 0 fully saturated rings. The number of H-pyrrole nitrogens is 1. The first-order chi connectivity index (χ1) is 15.4. The highest BCUT2D eigenvalue weighted by atomic mass is 19.3. The van der Waals surface area contributed by atoms with E-state index in [1.807, 2.05) is 32.0 Å². The molecule has 2 aromatic carbocycles. The second kappa shape index (κ2) is 8.74. The number of fused-ring (bicyclic) bond motifs is 1. The Morgan fingerprint density at radius 3 is 2.66 bits per heavy atom. The number of aryl methyl sites for hydroxylation is 1. The number of nitrogens with zero attached hydrogens (tertiary/aromatic N) is 4. The van der Waals surface area contributed by atoms with E-state index < -0.39 is 6.61 Å². The molecule has 0 aliphatic heterocycles. The number of ether oxygens (including phenoxy) is 2. The average molecular weight is 441 g/mol. The highest BCUT2D eigenvalue weighted by Crippen LogP contribution is 2.36. The highest BCUT2D eigenvalue weighted by molar-refractivity contribution is 6.01. The molecule has 0 atom stereocenters. The van der Waals surface area contributed by atoms with E-state index in [1.165, 1.54) is 13.2 Å². The summed E-state index contributed by atoms with van der Waals surface area (Å²) in [6.07, 6.45) is 2.32. The van der Waals surface area contributed by atoms with Crippen LogP contribution in [0.3, 0.4) is 0 Å². The number of methoxy groups -OCH3 is 1. The number of rotatable bonds is 8. The van der Waals surface area contributed by atoms with E-state index in [0.29, 0.717) is 29.3 Å². The standard InChI is InChI=1S/C22H21F2N5O3/c1-4-5-17(30)20-18(31-3)9-14(10-19(20)32-22(23)24)29-11-25-15-8-13(6-7-16(15)29)21-26-12(2)27-28-21/h6-11,22H,4-5H2,1-3H3,(H,26,27,28). The van der Waals surface area contributed by atoms with E-state index >= 15 is 0 Å². The van der Waals surface area contributed by atoms with Crippen LogP contribution < -0.4 is 9.47 Å². The summed E-state index contributed by atoms with van der Waals surface area (Å²) in [5.74, 6) is 0.844. The van der Waals surface area contributed by atoms with Crippen molar-refractivity contribution in [2.24, 2.45) is 0 Å². The number of halogens is 2. The lowest BCUT2D eigenvalue weighted by molar-refractivity contribution is -0.0502. The van der Waals surface area contributed by atoms with E-state index in [2.05, 4.69) is 20.2 Å². The van der Waals surface area contributed by atoms with Crippen LogP contribution in [-0.4, -0.2) is 44.2 Å². The third kappa shape index (κ3) is 4.03. The van der Waals surface area contributed by atoms with Gasteiger partial charge in [0.25, 0.3) is 0 Å². The Labute approximate surface area is 182 Å². The van der Waals surface area contributed by atoms with Gasteiger partial charge in [0.05, 0.1) is 23.8 Å². The zero-order valence-electron chi connectivity index (χ0n) is 17.7. The molecule has 4 aromatic rings. The Bertz CT molecular complexity index is 1280. The van der Waals surface area contributed by atoms with Gasteiger partial charge in [0.1, 0.15) is 29.2 Å². The van der Waals surface area contributed by atoms with E-state index in [0.717, 1.165) is 11.1 Å². The topological polar surface area (TPSA) is 94.9 Å². The largest absolute Gasteiger partial charge is 0.496 e. The number of alkyl halides is 2. The molecule has 0 radical (unpaired) electrons. The van der Waals surface area contributed by atoms with Crippen molar-refractivity contribution >= 4 is 16.8 Å². The number of carbonyl (C=O) groups excluding carboxylic acids is 1. The molecule has 0 amide bonds. The number of imidazole rings is 1. The van der Waals surface area contributed by atoms with Gasteiger partial charge in [0, 0.05) is 24.1 Å². The molecule has 0 aliphatic rings. The second-order valence-electron chi connectivity index (χ2n) is 7.14. The summed E-state index contributed by atoms with van der Waals surface area (Å²) in [6.45, 7) is 0.554. The van der Waals surface area contributed by atoms with Crippen molar-refractivity contribution in [3.05, 3.63) is 48.0 Å². The fourth-order valence-corrected chi connectivity index (χ4v) is 3.52. The molecule has 0 aliphatic carbocycles. The molecule has 4 rings (SSSR count). The van der Waals surface area contributed by atoms with Gasteiger partial charge in [-0.15, -0.1) is 0 Å². The van der Waals surface area contributed by atoms with Gasteiger partial charge in [-0.25, -0.2) is 9.97 Å². The van der Waals surface area contributed by atoms with Crippen molar-refractivity contribution in [2.45, 2.75) is 33.3 Å². The minimum absolute atomic E-state index is 0.00471. The maximum Gasteiger partial charge on any atom is 0.387 e. The minimum Gasteiger partial charge on any atom is -0.496 e. The molecule has 10 heteroatoms. The van der Waals surface area contributed by atoms with Crippen molar-refractivity contribution in [2.75, 3.05) is 7.11 Å². The van der Waals surface area contributed by atoms with Gasteiger partial charge in [-0.05, 0) is 31.5 Å². The summed E-state index contributed by atoms with van der Waals surface area (Å²) in [6, 6.07) is 8.51. The molecule has 2 heterocycles. The predicted molar refractivity (Wildman–Crippen MR) is 114 cm³/mol. The maximum absolute atomic E-state index is 13.1. The van der Waals surface area contributed by atoms with E-state index in [-0.39, 0.29) is 29.3 Å². The molecule has 1 N–H and O–H groups in total. The lowest BCUT2D eigenvalue weighted by Crippen LogP contribution is -2.11. The number of ketones is 1. The number of carbonyl (C=O) groups is 1. The van der Waals surface area contributed by atoms with E-state index in [1.54, 1.807) is 17.0 Å². The van der Waals surface area contributed by atoms with Crippen LogP contribution in [0.5, 0.6) is 11.5 Å². The van der Waals surface area contributed by atoms with Crippen LogP contribution in [0.25, 0.3) is 28.1 Å². The molecule has 0 unspecified atom stereocenters. The van der Waals surface area contributed by atoms with Crippen LogP contribution in [0.15, 0.2) is 36.7 Å². The molecular weight excluding hydrogens is 420 g/mol. The molecule has 0 saturated carbocycles. The van der Waals surface area contributed by atoms with Gasteiger partial charge < -0.3 is 9.47 Å². The number of aromatic nitrogens is 5. The Balaban J connectivity index is 1.82. The zero-order chi connectivity index (χ0) is 22.8. The number of nitrogens with one attached hydrogen (secondary N) is 1. The molecule has 0 saturated heterocycles. The molecule has 0 bridgehead atoms. The van der Waals surface area contributed by atoms with Crippen LogP contribution in [-0.2, 0) is 0 Å². The second-order valence-corrected chi connectivity index (χ2v) is 7.14. The first kappa shape index (κ1) is 21.4. The lowest BCUT2D eigenvalue weighted by atomic mass is 10.0. The van der Waals surface area contributed by atoms with Crippen molar-refractivity contribution in [1.82, 2.24) is 24.7 Å². The summed E-state index contributed by atoms with van der Waals surface area (Å²) < 4.78 is 38.0. The van der Waals surface area contributed by atoms with Gasteiger partial charge in [-0.3, -0.25) is 14.5 Å². The quantitative estimate of drug-likeness (QED) is 0.398. The van der Waals surface area contributed by atoms with Crippen LogP contribution >= 0.6 is 0 Å². The summed E-state index contributed by atoms with van der Waals surface area (Å²) in [5, 5.41) is 6.95. The van der Waals surface area contributed by atoms with Crippen LogP contribution in [0, 0.1) is 6.92 Å². The molecule has 32 heavy (non-hydrogen) atoms. The number of Topliss-reactive ketones (excluding diaryl/α,β-unsaturated/α-hetero) is 1. The van der Waals surface area contributed by atoms with E-state index in [9.17, 15) is 13.6 Å². The normalized spacial score (nSPS) is 11.3. The fourth-order valence-electron chi connectivity index (χ4n) is 3.52. The molecule has 0 spiro atoms. The SMILES string of the molecule is CCCC(=O)c1c(OC)cc(-n2cnc3cc(-c4n[nH]c(C)n4)ccc32)cc1OC(F)F. The smallest absolute Gasteiger partial charge is 0.387 e. The minimum atomic E-state index is -3.09.